The topological polar surface area (TPSA) is 49.3 Å². The molecular weight excluding hydrogens is 250 g/mol. The van der Waals surface area contributed by atoms with Gasteiger partial charge in [-0.3, -0.25) is 4.79 Å². The zero-order chi connectivity index (χ0) is 13.8. The van der Waals surface area contributed by atoms with Crippen LogP contribution in [0.2, 0.25) is 5.02 Å². The van der Waals surface area contributed by atoms with E-state index in [1.54, 1.807) is 25.1 Å². The highest BCUT2D eigenvalue weighted by Crippen LogP contribution is 2.16. The summed E-state index contributed by atoms with van der Waals surface area (Å²) in [6.07, 6.45) is 1.53. The van der Waals surface area contributed by atoms with Crippen LogP contribution >= 0.6 is 11.6 Å². The van der Waals surface area contributed by atoms with Crippen LogP contribution in [0.4, 0.5) is 0 Å². The van der Waals surface area contributed by atoms with Crippen LogP contribution in [0.5, 0.6) is 0 Å². The fourth-order valence-electron chi connectivity index (χ4n) is 1.83. The molecule has 0 aliphatic heterocycles. The van der Waals surface area contributed by atoms with Crippen molar-refractivity contribution >= 4 is 17.5 Å². The van der Waals surface area contributed by atoms with Gasteiger partial charge >= 0.3 is 0 Å². The van der Waals surface area contributed by atoms with E-state index in [9.17, 15) is 9.90 Å². The molecule has 1 aromatic rings. The Morgan fingerprint density at radius 3 is 2.78 bits per heavy atom. The number of aliphatic hydroxyl groups is 1. The third kappa shape index (κ3) is 4.31. The number of aryl methyl sites for hydroxylation is 1. The quantitative estimate of drug-likeness (QED) is 0.863. The standard InChI is InChI=1S/C14H20ClNO2/c1-4-7-14(3,18)9-16-13(17)12-8-11(15)6-5-10(12)2/h5-6,8,18H,4,7,9H2,1-3H3,(H,16,17). The van der Waals surface area contributed by atoms with Gasteiger partial charge < -0.3 is 10.4 Å². The highest BCUT2D eigenvalue weighted by atomic mass is 35.5. The molecule has 1 amide bonds. The average molecular weight is 270 g/mol. The smallest absolute Gasteiger partial charge is 0.251 e. The van der Waals surface area contributed by atoms with Gasteiger partial charge in [0.15, 0.2) is 0 Å². The van der Waals surface area contributed by atoms with Gasteiger partial charge in [0, 0.05) is 17.1 Å². The lowest BCUT2D eigenvalue weighted by Crippen LogP contribution is -2.40. The van der Waals surface area contributed by atoms with E-state index in [1.807, 2.05) is 13.8 Å². The van der Waals surface area contributed by atoms with Crippen LogP contribution in [-0.2, 0) is 0 Å². The van der Waals surface area contributed by atoms with Crippen molar-refractivity contribution in [2.75, 3.05) is 6.54 Å². The Hall–Kier alpha value is -1.06. The van der Waals surface area contributed by atoms with Crippen molar-refractivity contribution in [2.45, 2.75) is 39.2 Å². The molecule has 0 saturated carbocycles. The minimum Gasteiger partial charge on any atom is -0.388 e. The number of amides is 1. The van der Waals surface area contributed by atoms with E-state index < -0.39 is 5.60 Å². The summed E-state index contributed by atoms with van der Waals surface area (Å²) in [5.41, 5.74) is 0.554. The predicted molar refractivity (Wildman–Crippen MR) is 74.1 cm³/mol. The molecule has 0 spiro atoms. The molecule has 0 saturated heterocycles. The molecule has 1 rings (SSSR count). The Kier molecular flexibility index (Phi) is 5.17. The first-order chi connectivity index (χ1) is 8.35. The average Bonchev–Trinajstić information content (AvgIpc) is 2.29. The molecule has 2 N–H and O–H groups in total. The fourth-order valence-corrected chi connectivity index (χ4v) is 2.00. The third-order valence-electron chi connectivity index (χ3n) is 2.86. The highest BCUT2D eigenvalue weighted by molar-refractivity contribution is 6.31. The molecule has 0 aromatic heterocycles. The van der Waals surface area contributed by atoms with Gasteiger partial charge in [0.2, 0.25) is 0 Å². The maximum Gasteiger partial charge on any atom is 0.251 e. The molecule has 0 radical (unpaired) electrons. The van der Waals surface area contributed by atoms with Gasteiger partial charge in [0.1, 0.15) is 0 Å². The van der Waals surface area contributed by atoms with Gasteiger partial charge in [-0.1, -0.05) is 31.0 Å². The summed E-state index contributed by atoms with van der Waals surface area (Å²) in [5.74, 6) is -0.202. The van der Waals surface area contributed by atoms with Gasteiger partial charge in [-0.05, 0) is 38.0 Å². The van der Waals surface area contributed by atoms with Crippen LogP contribution in [0.1, 0.15) is 42.6 Å². The zero-order valence-electron chi connectivity index (χ0n) is 11.1. The van der Waals surface area contributed by atoms with E-state index >= 15 is 0 Å². The van der Waals surface area contributed by atoms with E-state index in [2.05, 4.69) is 5.32 Å². The minimum atomic E-state index is -0.864. The number of carbonyl (C=O) groups is 1. The third-order valence-corrected chi connectivity index (χ3v) is 3.10. The largest absolute Gasteiger partial charge is 0.388 e. The van der Waals surface area contributed by atoms with Crippen molar-refractivity contribution in [2.24, 2.45) is 0 Å². The van der Waals surface area contributed by atoms with Gasteiger partial charge in [0.25, 0.3) is 5.91 Å². The normalized spacial score (nSPS) is 14.1. The molecule has 0 fully saturated rings. The number of rotatable bonds is 5. The number of carbonyl (C=O) groups excluding carboxylic acids is 1. The summed E-state index contributed by atoms with van der Waals surface area (Å²) in [4.78, 5) is 12.0. The second-order valence-corrected chi connectivity index (χ2v) is 5.33. The van der Waals surface area contributed by atoms with Gasteiger partial charge in [-0.25, -0.2) is 0 Å². The van der Waals surface area contributed by atoms with Crippen LogP contribution in [-0.4, -0.2) is 23.2 Å². The van der Waals surface area contributed by atoms with Crippen molar-refractivity contribution in [1.82, 2.24) is 5.32 Å². The second kappa shape index (κ2) is 6.21. The van der Waals surface area contributed by atoms with Crippen LogP contribution in [0.15, 0.2) is 18.2 Å². The van der Waals surface area contributed by atoms with Crippen molar-refractivity contribution in [3.05, 3.63) is 34.3 Å². The molecule has 18 heavy (non-hydrogen) atoms. The van der Waals surface area contributed by atoms with Crippen LogP contribution in [0.25, 0.3) is 0 Å². The number of nitrogens with one attached hydrogen (secondary N) is 1. The van der Waals surface area contributed by atoms with Crippen LogP contribution in [0.3, 0.4) is 0 Å². The zero-order valence-corrected chi connectivity index (χ0v) is 11.8. The second-order valence-electron chi connectivity index (χ2n) is 4.89. The SMILES string of the molecule is CCCC(C)(O)CNC(=O)c1cc(Cl)ccc1C. The van der Waals surface area contributed by atoms with Gasteiger partial charge in [-0.15, -0.1) is 0 Å². The minimum absolute atomic E-state index is 0.202. The van der Waals surface area contributed by atoms with E-state index in [-0.39, 0.29) is 12.5 Å². The fraction of sp³-hybridized carbons (Fsp3) is 0.500. The molecular formula is C14H20ClNO2. The maximum absolute atomic E-state index is 12.0. The highest BCUT2D eigenvalue weighted by Gasteiger charge is 2.20. The van der Waals surface area contributed by atoms with E-state index in [0.29, 0.717) is 17.0 Å². The van der Waals surface area contributed by atoms with E-state index in [4.69, 9.17) is 11.6 Å². The summed E-state index contributed by atoms with van der Waals surface area (Å²) in [6.45, 7) is 5.82. The lowest BCUT2D eigenvalue weighted by molar-refractivity contribution is 0.0469. The monoisotopic (exact) mass is 269 g/mol. The summed E-state index contributed by atoms with van der Waals surface area (Å²) in [6, 6.07) is 5.20. The lowest BCUT2D eigenvalue weighted by Gasteiger charge is -2.23. The number of hydrogen-bond donors (Lipinski definition) is 2. The van der Waals surface area contributed by atoms with Crippen molar-refractivity contribution in [3.8, 4) is 0 Å². The van der Waals surface area contributed by atoms with Crippen LogP contribution in [0, 0.1) is 6.92 Å². The molecule has 4 heteroatoms. The van der Waals surface area contributed by atoms with E-state index in [0.717, 1.165) is 12.0 Å². The predicted octanol–water partition coefficient (Wildman–Crippen LogP) is 2.93. The van der Waals surface area contributed by atoms with Gasteiger partial charge in [-0.2, -0.15) is 0 Å². The molecule has 1 unspecified atom stereocenters. The Morgan fingerprint density at radius 2 is 2.17 bits per heavy atom. The Balaban J connectivity index is 2.69. The molecule has 1 aromatic carbocycles. The number of hydrogen-bond acceptors (Lipinski definition) is 2. The number of benzene rings is 1. The Morgan fingerprint density at radius 1 is 1.50 bits per heavy atom. The molecule has 1 atom stereocenters. The summed E-state index contributed by atoms with van der Waals surface area (Å²) < 4.78 is 0. The van der Waals surface area contributed by atoms with Crippen molar-refractivity contribution in [3.63, 3.8) is 0 Å². The molecule has 0 heterocycles. The Labute approximate surface area is 113 Å². The van der Waals surface area contributed by atoms with Crippen LogP contribution < -0.4 is 5.32 Å². The van der Waals surface area contributed by atoms with Gasteiger partial charge in [0.05, 0.1) is 5.60 Å². The van der Waals surface area contributed by atoms with E-state index in [1.165, 1.54) is 0 Å². The Bertz CT molecular complexity index is 430. The molecule has 0 bridgehead atoms. The number of halogens is 1. The summed E-state index contributed by atoms with van der Waals surface area (Å²) in [7, 11) is 0. The lowest BCUT2D eigenvalue weighted by atomic mass is 10.0. The molecule has 0 aliphatic carbocycles. The van der Waals surface area contributed by atoms with Crippen molar-refractivity contribution < 1.29 is 9.90 Å². The summed E-state index contributed by atoms with van der Waals surface area (Å²) >= 11 is 5.87. The first kappa shape index (κ1) is 15.0. The first-order valence-corrected chi connectivity index (χ1v) is 6.50. The molecule has 3 nitrogen and oxygen atoms in total. The molecule has 0 aliphatic rings. The maximum atomic E-state index is 12.0. The summed E-state index contributed by atoms with van der Waals surface area (Å²) in [5, 5.41) is 13.3. The van der Waals surface area contributed by atoms with Crippen molar-refractivity contribution in [1.29, 1.82) is 0 Å². The molecule has 100 valence electrons. The first-order valence-electron chi connectivity index (χ1n) is 6.12.